The molecular weight excluding hydrogens is 346 g/mol. The topological polar surface area (TPSA) is 73.8 Å². The normalized spacial score (nSPS) is 14.3. The smallest absolute Gasteiger partial charge is 0.345 e. The van der Waals surface area contributed by atoms with E-state index < -0.39 is 5.97 Å². The van der Waals surface area contributed by atoms with Gasteiger partial charge in [-0.15, -0.1) is 0 Å². The Hall–Kier alpha value is -2.67. The summed E-state index contributed by atoms with van der Waals surface area (Å²) in [4.78, 5) is 23.1. The molecule has 0 saturated carbocycles. The van der Waals surface area contributed by atoms with E-state index in [1.165, 1.54) is 11.8 Å². The van der Waals surface area contributed by atoms with Crippen molar-refractivity contribution < 1.29 is 19.0 Å². The number of carbonyl (C=O) groups is 1. The largest absolute Gasteiger partial charge is 0.462 e. The molecule has 1 aromatic heterocycles. The second-order valence-corrected chi connectivity index (χ2v) is 6.53. The second-order valence-electron chi connectivity index (χ2n) is 6.53. The summed E-state index contributed by atoms with van der Waals surface area (Å²) in [5.41, 5.74) is 1.42. The molecule has 0 radical (unpaired) electrons. The summed E-state index contributed by atoms with van der Waals surface area (Å²) in [6, 6.07) is 7.77. The lowest BCUT2D eigenvalue weighted by Gasteiger charge is -2.27. The molecule has 0 aliphatic carbocycles. The number of anilines is 1. The minimum Gasteiger partial charge on any atom is -0.462 e. The fraction of sp³-hybridized carbons (Fsp3) is 0.450. The molecule has 27 heavy (non-hydrogen) atoms. The van der Waals surface area contributed by atoms with E-state index in [9.17, 15) is 4.79 Å². The fourth-order valence-corrected chi connectivity index (χ4v) is 2.73. The number of esters is 1. The fourth-order valence-electron chi connectivity index (χ4n) is 2.73. The van der Waals surface area contributed by atoms with E-state index in [1.807, 2.05) is 29.2 Å². The van der Waals surface area contributed by atoms with Crippen molar-refractivity contribution in [2.24, 2.45) is 0 Å². The number of morpholine rings is 1. The van der Waals surface area contributed by atoms with Crippen LogP contribution in [0.3, 0.4) is 0 Å². The molecule has 1 saturated heterocycles. The minimum absolute atomic E-state index is 0.197. The molecule has 144 valence electrons. The van der Waals surface area contributed by atoms with E-state index >= 15 is 0 Å². The van der Waals surface area contributed by atoms with Crippen LogP contribution in [0.1, 0.15) is 42.6 Å². The molecule has 0 N–H and O–H groups in total. The highest BCUT2D eigenvalue weighted by Gasteiger charge is 2.21. The first-order valence-corrected chi connectivity index (χ1v) is 9.23. The number of rotatable bonds is 6. The number of benzene rings is 1. The summed E-state index contributed by atoms with van der Waals surface area (Å²) in [6.07, 6.45) is 1.47. The van der Waals surface area contributed by atoms with Crippen LogP contribution in [0, 0.1) is 0 Å². The van der Waals surface area contributed by atoms with Crippen LogP contribution in [0.15, 0.2) is 30.5 Å². The molecule has 7 heteroatoms. The molecule has 2 aromatic rings. The molecule has 0 unspecified atom stereocenters. The van der Waals surface area contributed by atoms with Crippen molar-refractivity contribution in [2.75, 3.05) is 37.8 Å². The van der Waals surface area contributed by atoms with Crippen LogP contribution in [-0.4, -0.2) is 48.8 Å². The lowest BCUT2D eigenvalue weighted by molar-refractivity contribution is 0.0522. The average Bonchev–Trinajstić information content (AvgIpc) is 2.69. The minimum atomic E-state index is -0.500. The molecule has 0 amide bonds. The van der Waals surface area contributed by atoms with Gasteiger partial charge in [0.05, 0.1) is 26.0 Å². The summed E-state index contributed by atoms with van der Waals surface area (Å²) in [7, 11) is 0. The molecule has 0 spiro atoms. The van der Waals surface area contributed by atoms with Crippen molar-refractivity contribution in [3.63, 3.8) is 0 Å². The Balaban J connectivity index is 1.89. The van der Waals surface area contributed by atoms with E-state index in [2.05, 4.69) is 23.8 Å². The molecule has 7 nitrogen and oxygen atoms in total. The van der Waals surface area contributed by atoms with E-state index in [-0.39, 0.29) is 18.1 Å². The van der Waals surface area contributed by atoms with E-state index in [1.54, 1.807) is 6.92 Å². The molecule has 2 heterocycles. The lowest BCUT2D eigenvalue weighted by Crippen LogP contribution is -2.37. The van der Waals surface area contributed by atoms with E-state index in [4.69, 9.17) is 14.2 Å². The number of aromatic nitrogens is 2. The molecule has 1 aliphatic rings. The molecule has 1 aromatic carbocycles. The first kappa shape index (κ1) is 19.1. The maximum Gasteiger partial charge on any atom is 0.345 e. The summed E-state index contributed by atoms with van der Waals surface area (Å²) < 4.78 is 16.4. The highest BCUT2D eigenvalue weighted by molar-refractivity contribution is 5.91. The van der Waals surface area contributed by atoms with Crippen LogP contribution in [-0.2, 0) is 9.47 Å². The molecule has 0 atom stereocenters. The first-order chi connectivity index (χ1) is 13.1. The zero-order valence-electron chi connectivity index (χ0n) is 16.0. The van der Waals surface area contributed by atoms with Gasteiger partial charge in [0.15, 0.2) is 0 Å². The van der Waals surface area contributed by atoms with Gasteiger partial charge in [-0.2, -0.15) is 4.98 Å². The Kier molecular flexibility index (Phi) is 6.24. The van der Waals surface area contributed by atoms with Crippen LogP contribution in [0.25, 0.3) is 0 Å². The van der Waals surface area contributed by atoms with Gasteiger partial charge in [-0.05, 0) is 30.5 Å². The molecule has 1 aliphatic heterocycles. The van der Waals surface area contributed by atoms with Gasteiger partial charge in [-0.3, -0.25) is 0 Å². The van der Waals surface area contributed by atoms with Crippen LogP contribution >= 0.6 is 0 Å². The van der Waals surface area contributed by atoms with Crippen molar-refractivity contribution >= 4 is 11.9 Å². The standard InChI is InChI=1S/C20H25N3O4/c1-4-26-19(24)17-13-21-20(23-9-11-25-12-10-23)22-18(17)27-16-7-5-15(6-8-16)14(2)3/h5-8,13-14H,4,9-12H2,1-3H3. The predicted octanol–water partition coefficient (Wildman–Crippen LogP) is 3.41. The van der Waals surface area contributed by atoms with Gasteiger partial charge in [0, 0.05) is 13.1 Å². The number of carbonyl (C=O) groups excluding carboxylic acids is 1. The highest BCUT2D eigenvalue weighted by Crippen LogP contribution is 2.27. The van der Waals surface area contributed by atoms with Crippen molar-refractivity contribution in [3.8, 4) is 11.6 Å². The maximum absolute atomic E-state index is 12.3. The van der Waals surface area contributed by atoms with Gasteiger partial charge < -0.3 is 19.1 Å². The Morgan fingerprint density at radius 2 is 1.93 bits per heavy atom. The zero-order chi connectivity index (χ0) is 19.2. The number of ether oxygens (including phenoxy) is 3. The number of nitrogens with zero attached hydrogens (tertiary/aromatic N) is 3. The van der Waals surface area contributed by atoms with Gasteiger partial charge >= 0.3 is 5.97 Å². The van der Waals surface area contributed by atoms with E-state index in [0.29, 0.717) is 43.9 Å². The van der Waals surface area contributed by atoms with Crippen molar-refractivity contribution in [1.82, 2.24) is 9.97 Å². The molecular formula is C20H25N3O4. The third kappa shape index (κ3) is 4.74. The van der Waals surface area contributed by atoms with Crippen molar-refractivity contribution in [1.29, 1.82) is 0 Å². The van der Waals surface area contributed by atoms with Crippen LogP contribution < -0.4 is 9.64 Å². The predicted molar refractivity (Wildman–Crippen MR) is 102 cm³/mol. The zero-order valence-corrected chi connectivity index (χ0v) is 16.0. The van der Waals surface area contributed by atoms with Gasteiger partial charge in [0.1, 0.15) is 11.3 Å². The number of hydrogen-bond acceptors (Lipinski definition) is 7. The maximum atomic E-state index is 12.3. The quantitative estimate of drug-likeness (QED) is 0.721. The third-order valence-corrected chi connectivity index (χ3v) is 4.29. The second kappa shape index (κ2) is 8.81. The summed E-state index contributed by atoms with van der Waals surface area (Å²) >= 11 is 0. The van der Waals surface area contributed by atoms with Gasteiger partial charge in [0.25, 0.3) is 0 Å². The molecule has 0 bridgehead atoms. The van der Waals surface area contributed by atoms with Crippen LogP contribution in [0.4, 0.5) is 5.95 Å². The number of hydrogen-bond donors (Lipinski definition) is 0. The lowest BCUT2D eigenvalue weighted by atomic mass is 10.0. The molecule has 3 rings (SSSR count). The average molecular weight is 371 g/mol. The van der Waals surface area contributed by atoms with E-state index in [0.717, 1.165) is 0 Å². The first-order valence-electron chi connectivity index (χ1n) is 9.23. The Morgan fingerprint density at radius 1 is 1.22 bits per heavy atom. The van der Waals surface area contributed by atoms with Gasteiger partial charge in [-0.1, -0.05) is 26.0 Å². The van der Waals surface area contributed by atoms with Gasteiger partial charge in [0.2, 0.25) is 11.8 Å². The monoisotopic (exact) mass is 371 g/mol. The van der Waals surface area contributed by atoms with Crippen LogP contribution in [0.5, 0.6) is 11.6 Å². The Morgan fingerprint density at radius 3 is 2.56 bits per heavy atom. The van der Waals surface area contributed by atoms with Crippen molar-refractivity contribution in [3.05, 3.63) is 41.6 Å². The third-order valence-electron chi connectivity index (χ3n) is 4.29. The molecule has 1 fully saturated rings. The Labute approximate surface area is 159 Å². The van der Waals surface area contributed by atoms with Crippen LogP contribution in [0.2, 0.25) is 0 Å². The SMILES string of the molecule is CCOC(=O)c1cnc(N2CCOCC2)nc1Oc1ccc(C(C)C)cc1. The Bertz CT molecular complexity index is 771. The highest BCUT2D eigenvalue weighted by atomic mass is 16.5. The van der Waals surface area contributed by atoms with Crippen molar-refractivity contribution in [2.45, 2.75) is 26.7 Å². The summed E-state index contributed by atoms with van der Waals surface area (Å²) in [5, 5.41) is 0. The van der Waals surface area contributed by atoms with Gasteiger partial charge in [-0.25, -0.2) is 9.78 Å². The summed E-state index contributed by atoms with van der Waals surface area (Å²) in [6.45, 7) is 8.92. The summed E-state index contributed by atoms with van der Waals surface area (Å²) in [5.74, 6) is 1.25.